The molecule has 0 aliphatic rings. The Labute approximate surface area is 198 Å². The van der Waals surface area contributed by atoms with Crippen molar-refractivity contribution in [3.05, 3.63) is 114 Å². The van der Waals surface area contributed by atoms with Crippen LogP contribution in [-0.4, -0.2) is 10.9 Å². The first-order chi connectivity index (χ1) is 16.6. The standard InChI is InChI=1S/C29H24N2O3/c1-19-9-10-25-26(15-19)30-13-11-28(25)34-27-8-4-7-24(20(27)2)29(32)31-17-21-5-3-6-22(16-21)23-12-14-33-18-23/h3-16,18H,17H2,1-2H3,(H,31,32). The van der Waals surface area contributed by atoms with Crippen LogP contribution in [0, 0.1) is 13.8 Å². The number of hydrogen-bond donors (Lipinski definition) is 1. The van der Waals surface area contributed by atoms with E-state index in [1.165, 1.54) is 0 Å². The summed E-state index contributed by atoms with van der Waals surface area (Å²) in [6, 6.07) is 23.4. The number of carbonyl (C=O) groups excluding carboxylic acids is 1. The minimum atomic E-state index is -0.146. The molecule has 0 aliphatic heterocycles. The molecule has 34 heavy (non-hydrogen) atoms. The largest absolute Gasteiger partial charge is 0.472 e. The highest BCUT2D eigenvalue weighted by Crippen LogP contribution is 2.32. The molecule has 0 fully saturated rings. The highest BCUT2D eigenvalue weighted by Gasteiger charge is 2.14. The SMILES string of the molecule is Cc1ccc2c(Oc3cccc(C(=O)NCc4cccc(-c5ccoc5)c4)c3C)ccnc2c1. The van der Waals surface area contributed by atoms with Gasteiger partial charge in [0.1, 0.15) is 11.5 Å². The van der Waals surface area contributed by atoms with E-state index in [1.807, 2.05) is 86.6 Å². The van der Waals surface area contributed by atoms with E-state index in [1.54, 1.807) is 18.7 Å². The molecule has 0 aliphatic carbocycles. The second-order valence-electron chi connectivity index (χ2n) is 8.26. The van der Waals surface area contributed by atoms with Gasteiger partial charge in [0.25, 0.3) is 5.91 Å². The fraction of sp³-hybridized carbons (Fsp3) is 0.103. The van der Waals surface area contributed by atoms with Gasteiger partial charge in [0.15, 0.2) is 0 Å². The summed E-state index contributed by atoms with van der Waals surface area (Å²) in [5.41, 5.74) is 6.45. The van der Waals surface area contributed by atoms with Crippen LogP contribution in [0.5, 0.6) is 11.5 Å². The number of pyridine rings is 1. The van der Waals surface area contributed by atoms with Crippen LogP contribution in [0.15, 0.2) is 95.9 Å². The average molecular weight is 449 g/mol. The highest BCUT2D eigenvalue weighted by molar-refractivity contribution is 5.96. The average Bonchev–Trinajstić information content (AvgIpc) is 3.39. The molecule has 5 aromatic rings. The molecule has 0 bridgehead atoms. The van der Waals surface area contributed by atoms with Gasteiger partial charge in [-0.2, -0.15) is 0 Å². The minimum absolute atomic E-state index is 0.146. The van der Waals surface area contributed by atoms with Crippen LogP contribution in [0.4, 0.5) is 0 Å². The lowest BCUT2D eigenvalue weighted by Gasteiger charge is -2.14. The van der Waals surface area contributed by atoms with Gasteiger partial charge in [0.2, 0.25) is 0 Å². The van der Waals surface area contributed by atoms with Crippen LogP contribution in [0.25, 0.3) is 22.0 Å². The van der Waals surface area contributed by atoms with Crippen molar-refractivity contribution >= 4 is 16.8 Å². The number of carbonyl (C=O) groups is 1. The zero-order valence-electron chi connectivity index (χ0n) is 19.0. The number of nitrogens with zero attached hydrogens (tertiary/aromatic N) is 1. The zero-order valence-corrected chi connectivity index (χ0v) is 19.0. The molecule has 0 saturated heterocycles. The first-order valence-electron chi connectivity index (χ1n) is 11.1. The van der Waals surface area contributed by atoms with E-state index < -0.39 is 0 Å². The number of benzene rings is 3. The molecule has 0 radical (unpaired) electrons. The van der Waals surface area contributed by atoms with E-state index in [2.05, 4.69) is 10.3 Å². The van der Waals surface area contributed by atoms with Crippen LogP contribution in [0.3, 0.4) is 0 Å². The number of furan rings is 1. The van der Waals surface area contributed by atoms with Crippen molar-refractivity contribution in [2.45, 2.75) is 20.4 Å². The van der Waals surface area contributed by atoms with Crippen molar-refractivity contribution in [2.24, 2.45) is 0 Å². The summed E-state index contributed by atoms with van der Waals surface area (Å²) < 4.78 is 11.4. The summed E-state index contributed by atoms with van der Waals surface area (Å²) in [5.74, 6) is 1.20. The summed E-state index contributed by atoms with van der Waals surface area (Å²) in [5, 5.41) is 3.96. The van der Waals surface area contributed by atoms with Gasteiger partial charge in [0.05, 0.1) is 18.0 Å². The predicted octanol–water partition coefficient (Wildman–Crippen LogP) is 6.83. The molecule has 2 heterocycles. The second-order valence-corrected chi connectivity index (χ2v) is 8.26. The van der Waals surface area contributed by atoms with Crippen molar-refractivity contribution in [1.29, 1.82) is 0 Å². The van der Waals surface area contributed by atoms with Crippen LogP contribution in [0.1, 0.15) is 27.0 Å². The number of aromatic nitrogens is 1. The van der Waals surface area contributed by atoms with Gasteiger partial charge in [-0.05, 0) is 73.0 Å². The molecule has 0 unspecified atom stereocenters. The first-order valence-corrected chi connectivity index (χ1v) is 11.1. The Bertz CT molecular complexity index is 1470. The number of fused-ring (bicyclic) bond motifs is 1. The molecule has 3 aromatic carbocycles. The van der Waals surface area contributed by atoms with E-state index in [0.29, 0.717) is 23.6 Å². The van der Waals surface area contributed by atoms with E-state index in [0.717, 1.165) is 38.7 Å². The van der Waals surface area contributed by atoms with Gasteiger partial charge in [-0.15, -0.1) is 0 Å². The third-order valence-corrected chi connectivity index (χ3v) is 5.84. The smallest absolute Gasteiger partial charge is 0.251 e. The number of rotatable bonds is 6. The number of hydrogen-bond acceptors (Lipinski definition) is 4. The van der Waals surface area contributed by atoms with Crippen molar-refractivity contribution in [1.82, 2.24) is 10.3 Å². The van der Waals surface area contributed by atoms with Crippen LogP contribution in [0.2, 0.25) is 0 Å². The Morgan fingerprint density at radius 2 is 1.82 bits per heavy atom. The maximum atomic E-state index is 13.0. The van der Waals surface area contributed by atoms with Crippen molar-refractivity contribution < 1.29 is 13.9 Å². The highest BCUT2D eigenvalue weighted by atomic mass is 16.5. The van der Waals surface area contributed by atoms with Crippen molar-refractivity contribution in [3.63, 3.8) is 0 Å². The molecule has 0 saturated carbocycles. The fourth-order valence-electron chi connectivity index (χ4n) is 3.98. The molecule has 1 amide bonds. The second kappa shape index (κ2) is 9.24. The Kier molecular flexibility index (Phi) is 5.83. The van der Waals surface area contributed by atoms with Crippen molar-refractivity contribution in [2.75, 3.05) is 0 Å². The van der Waals surface area contributed by atoms with E-state index in [4.69, 9.17) is 9.15 Å². The summed E-state index contributed by atoms with van der Waals surface area (Å²) >= 11 is 0. The van der Waals surface area contributed by atoms with Gasteiger partial charge >= 0.3 is 0 Å². The summed E-state index contributed by atoms with van der Waals surface area (Å²) in [4.78, 5) is 17.5. The predicted molar refractivity (Wildman–Crippen MR) is 133 cm³/mol. The summed E-state index contributed by atoms with van der Waals surface area (Å²) in [6.07, 6.45) is 5.10. The van der Waals surface area contributed by atoms with E-state index >= 15 is 0 Å². The molecule has 2 aromatic heterocycles. The molecular weight excluding hydrogens is 424 g/mol. The number of aryl methyl sites for hydroxylation is 1. The maximum Gasteiger partial charge on any atom is 0.251 e. The molecule has 5 rings (SSSR count). The van der Waals surface area contributed by atoms with E-state index in [-0.39, 0.29) is 5.91 Å². The zero-order chi connectivity index (χ0) is 23.5. The molecule has 0 atom stereocenters. The lowest BCUT2D eigenvalue weighted by atomic mass is 10.0. The monoisotopic (exact) mass is 448 g/mol. The first kappa shape index (κ1) is 21.5. The quantitative estimate of drug-likeness (QED) is 0.309. The van der Waals surface area contributed by atoms with Crippen molar-refractivity contribution in [3.8, 4) is 22.6 Å². The Morgan fingerprint density at radius 1 is 0.941 bits per heavy atom. The van der Waals surface area contributed by atoms with Gasteiger partial charge in [0, 0.05) is 34.8 Å². The van der Waals surface area contributed by atoms with E-state index in [9.17, 15) is 4.79 Å². The normalized spacial score (nSPS) is 10.9. The lowest BCUT2D eigenvalue weighted by Crippen LogP contribution is -2.23. The van der Waals surface area contributed by atoms with Gasteiger partial charge in [-0.3, -0.25) is 9.78 Å². The third kappa shape index (κ3) is 4.41. The Morgan fingerprint density at radius 3 is 2.68 bits per heavy atom. The number of amides is 1. The van der Waals surface area contributed by atoms with Gasteiger partial charge in [-0.1, -0.05) is 30.3 Å². The molecule has 5 nitrogen and oxygen atoms in total. The molecule has 5 heteroatoms. The maximum absolute atomic E-state index is 13.0. The van der Waals surface area contributed by atoms with Crippen LogP contribution in [-0.2, 0) is 6.54 Å². The minimum Gasteiger partial charge on any atom is -0.472 e. The molecule has 1 N–H and O–H groups in total. The fourth-order valence-corrected chi connectivity index (χ4v) is 3.98. The topological polar surface area (TPSA) is 64.4 Å². The van der Waals surface area contributed by atoms with Crippen LogP contribution >= 0.6 is 0 Å². The Balaban J connectivity index is 1.34. The number of nitrogens with one attached hydrogen (secondary N) is 1. The summed E-state index contributed by atoms with van der Waals surface area (Å²) in [7, 11) is 0. The summed E-state index contributed by atoms with van der Waals surface area (Å²) in [6.45, 7) is 4.36. The Hall–Kier alpha value is -4.38. The van der Waals surface area contributed by atoms with Gasteiger partial charge < -0.3 is 14.5 Å². The molecule has 168 valence electrons. The molecule has 0 spiro atoms. The van der Waals surface area contributed by atoms with Crippen LogP contribution < -0.4 is 10.1 Å². The molecular formula is C29H24N2O3. The van der Waals surface area contributed by atoms with Gasteiger partial charge in [-0.25, -0.2) is 0 Å². The number of ether oxygens (including phenoxy) is 1. The third-order valence-electron chi connectivity index (χ3n) is 5.84. The lowest BCUT2D eigenvalue weighted by molar-refractivity contribution is 0.0950.